The van der Waals surface area contributed by atoms with Gasteiger partial charge in [-0.05, 0) is 41.5 Å². The van der Waals surface area contributed by atoms with Crippen LogP contribution in [-0.4, -0.2) is 11.8 Å². The van der Waals surface area contributed by atoms with Crippen molar-refractivity contribution in [3.05, 3.63) is 22.4 Å². The zero-order valence-electron chi connectivity index (χ0n) is 9.61. The lowest BCUT2D eigenvalue weighted by Crippen LogP contribution is -2.22. The molecular weight excluding hydrogens is 222 g/mol. The summed E-state index contributed by atoms with van der Waals surface area (Å²) in [7, 11) is 0. The van der Waals surface area contributed by atoms with Gasteiger partial charge >= 0.3 is 0 Å². The topological polar surface area (TPSA) is 26.0 Å². The molecule has 0 spiro atoms. The molecule has 0 aromatic carbocycles. The van der Waals surface area contributed by atoms with E-state index in [1.807, 2.05) is 11.8 Å². The minimum atomic E-state index is 0.242. The first-order chi connectivity index (χ1) is 7.25. The second kappa shape index (κ2) is 7.31. The van der Waals surface area contributed by atoms with Crippen LogP contribution in [0.3, 0.4) is 0 Å². The van der Waals surface area contributed by atoms with E-state index < -0.39 is 0 Å². The Morgan fingerprint density at radius 2 is 2.27 bits per heavy atom. The smallest absolute Gasteiger partial charge is 0.0453 e. The Morgan fingerprint density at radius 3 is 2.80 bits per heavy atom. The minimum Gasteiger partial charge on any atom is -0.327 e. The first kappa shape index (κ1) is 13.1. The van der Waals surface area contributed by atoms with Gasteiger partial charge in [-0.2, -0.15) is 23.1 Å². The van der Waals surface area contributed by atoms with E-state index in [1.54, 1.807) is 11.3 Å². The van der Waals surface area contributed by atoms with Crippen molar-refractivity contribution in [2.45, 2.75) is 44.4 Å². The van der Waals surface area contributed by atoms with Crippen LogP contribution in [0.25, 0.3) is 0 Å². The van der Waals surface area contributed by atoms with Gasteiger partial charge in [0.2, 0.25) is 0 Å². The van der Waals surface area contributed by atoms with Crippen LogP contribution in [-0.2, 0) is 0 Å². The zero-order chi connectivity index (χ0) is 11.1. The van der Waals surface area contributed by atoms with Gasteiger partial charge < -0.3 is 5.73 Å². The molecule has 0 radical (unpaired) electrons. The molecule has 1 nitrogen and oxygen atoms in total. The summed E-state index contributed by atoms with van der Waals surface area (Å²) in [4.78, 5) is 0. The molecule has 0 aliphatic carbocycles. The summed E-state index contributed by atoms with van der Waals surface area (Å²) < 4.78 is 0. The molecule has 2 unspecified atom stereocenters. The molecule has 86 valence electrons. The van der Waals surface area contributed by atoms with Crippen molar-refractivity contribution in [3.8, 4) is 0 Å². The van der Waals surface area contributed by atoms with E-state index in [1.165, 1.54) is 30.6 Å². The largest absolute Gasteiger partial charge is 0.327 e. The van der Waals surface area contributed by atoms with E-state index in [0.29, 0.717) is 5.25 Å². The Kier molecular flexibility index (Phi) is 6.37. The second-order valence-corrected chi connectivity index (χ2v) is 5.94. The van der Waals surface area contributed by atoms with Crippen LogP contribution >= 0.6 is 23.1 Å². The Labute approximate surface area is 101 Å². The van der Waals surface area contributed by atoms with E-state index >= 15 is 0 Å². The van der Waals surface area contributed by atoms with Crippen LogP contribution in [0.15, 0.2) is 16.8 Å². The summed E-state index contributed by atoms with van der Waals surface area (Å²) in [5.74, 6) is 1.23. The summed E-state index contributed by atoms with van der Waals surface area (Å²) in [6, 6.07) is 2.44. The molecule has 0 bridgehead atoms. The second-order valence-electron chi connectivity index (χ2n) is 3.91. The quantitative estimate of drug-likeness (QED) is 0.731. The van der Waals surface area contributed by atoms with Gasteiger partial charge in [0.15, 0.2) is 0 Å². The van der Waals surface area contributed by atoms with Gasteiger partial charge in [-0.3, -0.25) is 0 Å². The van der Waals surface area contributed by atoms with E-state index in [4.69, 9.17) is 5.73 Å². The minimum absolute atomic E-state index is 0.242. The van der Waals surface area contributed by atoms with Crippen molar-refractivity contribution in [1.82, 2.24) is 0 Å². The highest BCUT2D eigenvalue weighted by Gasteiger charge is 2.16. The summed E-state index contributed by atoms with van der Waals surface area (Å²) in [6.45, 7) is 4.35. The molecule has 1 aromatic heterocycles. The monoisotopic (exact) mass is 243 g/mol. The fraction of sp³-hybridized carbons (Fsp3) is 0.667. The maximum absolute atomic E-state index is 6.03. The highest BCUT2D eigenvalue weighted by molar-refractivity contribution is 7.99. The van der Waals surface area contributed by atoms with Gasteiger partial charge in [0, 0.05) is 11.3 Å². The Bertz CT molecular complexity index is 244. The van der Waals surface area contributed by atoms with Crippen molar-refractivity contribution in [2.24, 2.45) is 5.73 Å². The van der Waals surface area contributed by atoms with Gasteiger partial charge in [0.25, 0.3) is 0 Å². The molecule has 0 saturated heterocycles. The number of unbranched alkanes of at least 4 members (excludes halogenated alkanes) is 2. The number of hydrogen-bond acceptors (Lipinski definition) is 3. The molecule has 0 aliphatic rings. The molecule has 0 amide bonds. The number of hydrogen-bond donors (Lipinski definition) is 1. The molecule has 2 atom stereocenters. The zero-order valence-corrected chi connectivity index (χ0v) is 11.2. The Balaban J connectivity index is 2.39. The van der Waals surface area contributed by atoms with E-state index in [0.717, 1.165) is 0 Å². The Morgan fingerprint density at radius 1 is 1.47 bits per heavy atom. The van der Waals surface area contributed by atoms with Gasteiger partial charge in [0.1, 0.15) is 0 Å². The molecular formula is C12H21NS2. The first-order valence-electron chi connectivity index (χ1n) is 5.65. The molecule has 1 aromatic rings. The Hall–Kier alpha value is 0.01000. The number of rotatable bonds is 7. The summed E-state index contributed by atoms with van der Waals surface area (Å²) >= 11 is 3.77. The fourth-order valence-electron chi connectivity index (χ4n) is 1.55. The molecule has 2 N–H and O–H groups in total. The van der Waals surface area contributed by atoms with Gasteiger partial charge in [-0.1, -0.05) is 19.8 Å². The van der Waals surface area contributed by atoms with Crippen molar-refractivity contribution in [2.75, 3.05) is 5.75 Å². The lowest BCUT2D eigenvalue weighted by molar-refractivity contribution is 0.718. The molecule has 0 fully saturated rings. The van der Waals surface area contributed by atoms with Crippen LogP contribution in [0.1, 0.15) is 43.9 Å². The summed E-state index contributed by atoms with van der Waals surface area (Å²) in [5, 5.41) is 4.84. The SMILES string of the molecule is CCCCCSC(c1ccsc1)C(C)N. The first-order valence-corrected chi connectivity index (χ1v) is 7.64. The van der Waals surface area contributed by atoms with Gasteiger partial charge in [0.05, 0.1) is 0 Å². The van der Waals surface area contributed by atoms with Crippen LogP contribution < -0.4 is 5.73 Å². The van der Waals surface area contributed by atoms with Crippen LogP contribution in [0.2, 0.25) is 0 Å². The number of thiophene rings is 1. The third-order valence-corrected chi connectivity index (χ3v) is 4.68. The lowest BCUT2D eigenvalue weighted by atomic mass is 10.1. The lowest BCUT2D eigenvalue weighted by Gasteiger charge is -2.19. The maximum atomic E-state index is 6.03. The molecule has 1 heterocycles. The number of thioether (sulfide) groups is 1. The number of nitrogens with two attached hydrogens (primary N) is 1. The van der Waals surface area contributed by atoms with Gasteiger partial charge in [-0.25, -0.2) is 0 Å². The molecule has 15 heavy (non-hydrogen) atoms. The molecule has 0 saturated carbocycles. The standard InChI is InChI=1S/C12H21NS2/c1-3-4-5-7-15-12(10(2)13)11-6-8-14-9-11/h6,8-10,12H,3-5,7,13H2,1-2H3. The average molecular weight is 243 g/mol. The van der Waals surface area contributed by atoms with E-state index in [9.17, 15) is 0 Å². The summed E-state index contributed by atoms with van der Waals surface area (Å²) in [5.41, 5.74) is 7.43. The van der Waals surface area contributed by atoms with Crippen molar-refractivity contribution in [1.29, 1.82) is 0 Å². The average Bonchev–Trinajstić information content (AvgIpc) is 2.70. The van der Waals surface area contributed by atoms with E-state index in [2.05, 4.69) is 30.7 Å². The van der Waals surface area contributed by atoms with Crippen molar-refractivity contribution < 1.29 is 0 Å². The van der Waals surface area contributed by atoms with Crippen LogP contribution in [0, 0.1) is 0 Å². The van der Waals surface area contributed by atoms with Crippen LogP contribution in [0.5, 0.6) is 0 Å². The predicted octanol–water partition coefficient (Wildman–Crippen LogP) is 4.06. The molecule has 1 rings (SSSR count). The van der Waals surface area contributed by atoms with Crippen molar-refractivity contribution >= 4 is 23.1 Å². The highest BCUT2D eigenvalue weighted by Crippen LogP contribution is 2.33. The third-order valence-electron chi connectivity index (χ3n) is 2.39. The summed E-state index contributed by atoms with van der Waals surface area (Å²) in [6.07, 6.45) is 3.94. The van der Waals surface area contributed by atoms with Gasteiger partial charge in [-0.15, -0.1) is 0 Å². The van der Waals surface area contributed by atoms with Crippen molar-refractivity contribution in [3.63, 3.8) is 0 Å². The van der Waals surface area contributed by atoms with E-state index in [-0.39, 0.29) is 6.04 Å². The maximum Gasteiger partial charge on any atom is 0.0453 e. The van der Waals surface area contributed by atoms with Crippen LogP contribution in [0.4, 0.5) is 0 Å². The normalized spacial score (nSPS) is 15.1. The molecule has 0 aliphatic heterocycles. The predicted molar refractivity (Wildman–Crippen MR) is 72.7 cm³/mol. The highest BCUT2D eigenvalue weighted by atomic mass is 32.2. The third kappa shape index (κ3) is 4.58. The molecule has 3 heteroatoms. The fourth-order valence-corrected chi connectivity index (χ4v) is 3.60.